The Balaban J connectivity index is 2.84. The predicted octanol–water partition coefficient (Wildman–Crippen LogP) is 1.28. The molecule has 0 saturated carbocycles. The lowest BCUT2D eigenvalue weighted by molar-refractivity contribution is -0.103. The van der Waals surface area contributed by atoms with E-state index in [0.29, 0.717) is 6.29 Å². The summed E-state index contributed by atoms with van der Waals surface area (Å²) in [6, 6.07) is 7.55. The first-order valence-electron chi connectivity index (χ1n) is 3.60. The Hall–Kier alpha value is -1.75. The van der Waals surface area contributed by atoms with Crippen LogP contribution in [0.25, 0.3) is 0 Å². The van der Waals surface area contributed by atoms with Crippen LogP contribution in [0, 0.1) is 11.8 Å². The van der Waals surface area contributed by atoms with Crippen molar-refractivity contribution in [1.82, 2.24) is 0 Å². The summed E-state index contributed by atoms with van der Waals surface area (Å²) >= 11 is 0. The normalized spacial score (nSPS) is 8.08. The van der Waals surface area contributed by atoms with Gasteiger partial charge in [-0.15, -0.1) is 0 Å². The maximum absolute atomic E-state index is 9.92. The molecule has 1 aromatic carbocycles. The molecule has 0 saturated heterocycles. The Labute approximate surface area is 71.6 Å². The van der Waals surface area contributed by atoms with E-state index in [1.807, 2.05) is 31.3 Å². The fourth-order valence-electron chi connectivity index (χ4n) is 0.833. The van der Waals surface area contributed by atoms with E-state index in [9.17, 15) is 4.79 Å². The van der Waals surface area contributed by atoms with E-state index in [1.165, 1.54) is 0 Å². The van der Waals surface area contributed by atoms with Crippen molar-refractivity contribution in [3.05, 3.63) is 29.8 Å². The van der Waals surface area contributed by atoms with Gasteiger partial charge in [-0.05, 0) is 30.2 Å². The number of hydrogen-bond donors (Lipinski definition) is 1. The van der Waals surface area contributed by atoms with Crippen molar-refractivity contribution < 1.29 is 4.79 Å². The molecular weight excluding hydrogens is 150 g/mol. The number of anilines is 1. The van der Waals surface area contributed by atoms with E-state index >= 15 is 0 Å². The molecule has 1 N–H and O–H groups in total. The van der Waals surface area contributed by atoms with Gasteiger partial charge >= 0.3 is 0 Å². The number of nitrogens with one attached hydrogen (secondary N) is 1. The first-order valence-corrected chi connectivity index (χ1v) is 3.60. The van der Waals surface area contributed by atoms with Gasteiger partial charge in [-0.3, -0.25) is 4.79 Å². The van der Waals surface area contributed by atoms with Gasteiger partial charge in [-0.2, -0.15) is 0 Å². The molecule has 0 aliphatic rings. The van der Waals surface area contributed by atoms with Crippen molar-refractivity contribution in [2.24, 2.45) is 0 Å². The number of rotatable bonds is 1. The lowest BCUT2D eigenvalue weighted by Crippen LogP contribution is -1.86. The van der Waals surface area contributed by atoms with Gasteiger partial charge in [0.15, 0.2) is 6.29 Å². The van der Waals surface area contributed by atoms with Gasteiger partial charge in [0.25, 0.3) is 0 Å². The average molecular weight is 159 g/mol. The molecule has 0 atom stereocenters. The molecule has 0 amide bonds. The summed E-state index contributed by atoms with van der Waals surface area (Å²) in [5.41, 5.74) is 1.88. The number of carbonyl (C=O) groups is 1. The summed E-state index contributed by atoms with van der Waals surface area (Å²) in [6.07, 6.45) is 0.589. The summed E-state index contributed by atoms with van der Waals surface area (Å²) in [5.74, 6) is 5.05. The van der Waals surface area contributed by atoms with Crippen LogP contribution in [-0.4, -0.2) is 13.3 Å². The van der Waals surface area contributed by atoms with Gasteiger partial charge in [0, 0.05) is 18.3 Å². The smallest absolute Gasteiger partial charge is 0.193 e. The Bertz CT molecular complexity index is 316. The minimum atomic E-state index is 0.589. The van der Waals surface area contributed by atoms with Crippen LogP contribution in [0.3, 0.4) is 0 Å². The minimum Gasteiger partial charge on any atom is -0.388 e. The summed E-state index contributed by atoms with van der Waals surface area (Å²) in [7, 11) is 1.85. The maximum atomic E-state index is 9.92. The molecule has 0 aliphatic heterocycles. The van der Waals surface area contributed by atoms with Crippen LogP contribution in [0.2, 0.25) is 0 Å². The molecule has 0 spiro atoms. The van der Waals surface area contributed by atoms with Crippen LogP contribution < -0.4 is 5.32 Å². The van der Waals surface area contributed by atoms with Crippen LogP contribution in [0.1, 0.15) is 5.56 Å². The first kappa shape index (κ1) is 8.35. The van der Waals surface area contributed by atoms with E-state index in [-0.39, 0.29) is 0 Å². The number of aldehydes is 1. The van der Waals surface area contributed by atoms with Crippen molar-refractivity contribution in [2.45, 2.75) is 0 Å². The van der Waals surface area contributed by atoms with E-state index in [4.69, 9.17) is 0 Å². The van der Waals surface area contributed by atoms with Gasteiger partial charge in [-0.1, -0.05) is 5.92 Å². The Morgan fingerprint density at radius 2 is 2.00 bits per heavy atom. The van der Waals surface area contributed by atoms with E-state index in [1.54, 1.807) is 0 Å². The highest BCUT2D eigenvalue weighted by Crippen LogP contribution is 2.06. The van der Waals surface area contributed by atoms with Crippen molar-refractivity contribution in [1.29, 1.82) is 0 Å². The molecule has 2 heteroatoms. The third-order valence-electron chi connectivity index (χ3n) is 1.45. The first-order chi connectivity index (χ1) is 5.86. The van der Waals surface area contributed by atoms with Crippen molar-refractivity contribution in [3.63, 3.8) is 0 Å². The average Bonchev–Trinajstić information content (AvgIpc) is 2.15. The van der Waals surface area contributed by atoms with E-state index in [0.717, 1.165) is 11.3 Å². The predicted molar refractivity (Wildman–Crippen MR) is 48.9 cm³/mol. The molecule has 0 aromatic heterocycles. The lowest BCUT2D eigenvalue weighted by atomic mass is 10.2. The van der Waals surface area contributed by atoms with E-state index < -0.39 is 0 Å². The summed E-state index contributed by atoms with van der Waals surface area (Å²) < 4.78 is 0. The van der Waals surface area contributed by atoms with Gasteiger partial charge < -0.3 is 5.32 Å². The number of carbonyl (C=O) groups excluding carboxylic acids is 1. The van der Waals surface area contributed by atoms with Gasteiger partial charge in [-0.25, -0.2) is 0 Å². The van der Waals surface area contributed by atoms with Crippen LogP contribution in [0.5, 0.6) is 0 Å². The van der Waals surface area contributed by atoms with Gasteiger partial charge in [0.1, 0.15) is 0 Å². The molecule has 2 nitrogen and oxygen atoms in total. The highest BCUT2D eigenvalue weighted by Gasteiger charge is 1.87. The van der Waals surface area contributed by atoms with Crippen LogP contribution in [0.15, 0.2) is 24.3 Å². The third kappa shape index (κ3) is 2.14. The van der Waals surface area contributed by atoms with Crippen molar-refractivity contribution in [3.8, 4) is 11.8 Å². The Morgan fingerprint density at radius 3 is 2.50 bits per heavy atom. The molecule has 12 heavy (non-hydrogen) atoms. The Kier molecular flexibility index (Phi) is 2.92. The number of benzene rings is 1. The van der Waals surface area contributed by atoms with Crippen LogP contribution >= 0.6 is 0 Å². The molecule has 0 heterocycles. The largest absolute Gasteiger partial charge is 0.388 e. The number of hydrogen-bond acceptors (Lipinski definition) is 2. The maximum Gasteiger partial charge on any atom is 0.193 e. The summed E-state index contributed by atoms with van der Waals surface area (Å²) in [5, 5.41) is 2.99. The molecule has 0 bridgehead atoms. The highest BCUT2D eigenvalue weighted by atomic mass is 16.1. The zero-order chi connectivity index (χ0) is 8.81. The minimum absolute atomic E-state index is 0.589. The fourth-order valence-corrected chi connectivity index (χ4v) is 0.833. The molecule has 60 valence electrons. The second-order valence-electron chi connectivity index (χ2n) is 2.21. The quantitative estimate of drug-likeness (QED) is 0.494. The highest BCUT2D eigenvalue weighted by molar-refractivity contribution is 5.74. The summed E-state index contributed by atoms with van der Waals surface area (Å²) in [6.45, 7) is 0. The molecular formula is C10H9NO. The zero-order valence-corrected chi connectivity index (χ0v) is 6.79. The summed E-state index contributed by atoms with van der Waals surface area (Å²) in [4.78, 5) is 9.92. The SMILES string of the molecule is CNc1ccc(C#CC=O)cc1. The second kappa shape index (κ2) is 4.20. The molecule has 1 rings (SSSR count). The van der Waals surface area contributed by atoms with Crippen LogP contribution in [0.4, 0.5) is 5.69 Å². The van der Waals surface area contributed by atoms with Gasteiger partial charge in [0.05, 0.1) is 0 Å². The fraction of sp³-hybridized carbons (Fsp3) is 0.100. The molecule has 0 radical (unpaired) electrons. The molecule has 1 aromatic rings. The standard InChI is InChI=1S/C10H9NO/c1-11-10-6-4-9(5-7-10)3-2-8-12/h4-8,11H,1H3. The Morgan fingerprint density at radius 1 is 1.33 bits per heavy atom. The topological polar surface area (TPSA) is 29.1 Å². The van der Waals surface area contributed by atoms with Crippen LogP contribution in [-0.2, 0) is 4.79 Å². The van der Waals surface area contributed by atoms with Crippen molar-refractivity contribution in [2.75, 3.05) is 12.4 Å². The monoisotopic (exact) mass is 159 g/mol. The lowest BCUT2D eigenvalue weighted by Gasteiger charge is -1.97. The molecule has 0 fully saturated rings. The second-order valence-corrected chi connectivity index (χ2v) is 2.21. The van der Waals surface area contributed by atoms with E-state index in [2.05, 4.69) is 17.2 Å². The van der Waals surface area contributed by atoms with Gasteiger partial charge in [0.2, 0.25) is 0 Å². The van der Waals surface area contributed by atoms with Crippen molar-refractivity contribution >= 4 is 12.0 Å². The molecule has 0 aliphatic carbocycles. The third-order valence-corrected chi connectivity index (χ3v) is 1.45. The molecule has 0 unspecified atom stereocenters. The zero-order valence-electron chi connectivity index (χ0n) is 6.79.